The zero-order valence-electron chi connectivity index (χ0n) is 24.0. The Morgan fingerprint density at radius 3 is 2.49 bits per heavy atom. The summed E-state index contributed by atoms with van der Waals surface area (Å²) in [5.41, 5.74) is 11.8. The van der Waals surface area contributed by atoms with Crippen LogP contribution in [0.1, 0.15) is 57.2 Å². The number of aliphatic imine (C=N–C) groups is 1. The SMILES string of the molecule is CCCN(Cc1ccc(NC(=O)OC(C)(C)C)cc1)C(=O)C1=Cc2ccc(-c3cncc(CO)c3)cc2N=C(N)C1. The van der Waals surface area contributed by atoms with E-state index in [9.17, 15) is 14.7 Å². The van der Waals surface area contributed by atoms with E-state index in [0.717, 1.165) is 34.2 Å². The normalized spacial score (nSPS) is 12.9. The molecule has 1 aliphatic heterocycles. The van der Waals surface area contributed by atoms with E-state index in [1.807, 2.05) is 70.2 Å². The topological polar surface area (TPSA) is 130 Å². The minimum absolute atomic E-state index is 0.0908. The highest BCUT2D eigenvalue weighted by Gasteiger charge is 2.22. The summed E-state index contributed by atoms with van der Waals surface area (Å²) < 4.78 is 5.31. The van der Waals surface area contributed by atoms with Gasteiger partial charge < -0.3 is 20.5 Å². The maximum atomic E-state index is 13.7. The van der Waals surface area contributed by atoms with Crippen molar-refractivity contribution in [3.05, 3.63) is 83.2 Å². The number of carbonyl (C=O) groups excluding carboxylic acids is 2. The Bertz CT molecular complexity index is 1470. The lowest BCUT2D eigenvalue weighted by molar-refractivity contribution is -0.127. The number of hydrogen-bond acceptors (Lipinski definition) is 7. The smallest absolute Gasteiger partial charge is 0.412 e. The van der Waals surface area contributed by atoms with Gasteiger partial charge in [0, 0.05) is 54.3 Å². The molecular formula is C32H37N5O4. The summed E-state index contributed by atoms with van der Waals surface area (Å²) in [5, 5.41) is 12.2. The number of pyridine rings is 1. The highest BCUT2D eigenvalue weighted by molar-refractivity contribution is 6.05. The molecule has 0 saturated carbocycles. The number of rotatable bonds is 8. The molecule has 214 valence electrons. The van der Waals surface area contributed by atoms with Crippen LogP contribution in [0.2, 0.25) is 0 Å². The number of aromatic nitrogens is 1. The third-order valence-corrected chi connectivity index (χ3v) is 6.33. The molecule has 1 aliphatic rings. The van der Waals surface area contributed by atoms with Gasteiger partial charge in [0.25, 0.3) is 5.91 Å². The zero-order valence-corrected chi connectivity index (χ0v) is 24.0. The van der Waals surface area contributed by atoms with Crippen LogP contribution in [0.25, 0.3) is 17.2 Å². The van der Waals surface area contributed by atoms with Crippen LogP contribution >= 0.6 is 0 Å². The fourth-order valence-electron chi connectivity index (χ4n) is 4.50. The number of nitrogens with one attached hydrogen (secondary N) is 1. The average Bonchev–Trinajstić information content (AvgIpc) is 3.09. The van der Waals surface area contributed by atoms with E-state index in [1.54, 1.807) is 29.4 Å². The van der Waals surface area contributed by atoms with Gasteiger partial charge in [0.05, 0.1) is 12.3 Å². The van der Waals surface area contributed by atoms with Crippen LogP contribution in [0.5, 0.6) is 0 Å². The molecule has 2 heterocycles. The maximum Gasteiger partial charge on any atom is 0.412 e. The highest BCUT2D eigenvalue weighted by atomic mass is 16.6. The number of anilines is 1. The van der Waals surface area contributed by atoms with E-state index >= 15 is 0 Å². The average molecular weight is 556 g/mol. The van der Waals surface area contributed by atoms with Gasteiger partial charge in [-0.15, -0.1) is 0 Å². The van der Waals surface area contributed by atoms with Crippen LogP contribution in [0, 0.1) is 0 Å². The van der Waals surface area contributed by atoms with Gasteiger partial charge in [-0.25, -0.2) is 9.79 Å². The second kappa shape index (κ2) is 12.8. The van der Waals surface area contributed by atoms with Gasteiger partial charge in [-0.05, 0) is 74.2 Å². The number of aliphatic hydroxyl groups excluding tert-OH is 1. The van der Waals surface area contributed by atoms with Crippen LogP contribution in [-0.2, 0) is 22.7 Å². The minimum Gasteiger partial charge on any atom is -0.444 e. The number of amidine groups is 1. The molecule has 0 spiro atoms. The number of benzene rings is 2. The van der Waals surface area contributed by atoms with E-state index in [-0.39, 0.29) is 18.9 Å². The van der Waals surface area contributed by atoms with Crippen molar-refractivity contribution >= 4 is 35.3 Å². The van der Waals surface area contributed by atoms with E-state index < -0.39 is 11.7 Å². The van der Waals surface area contributed by atoms with Crippen molar-refractivity contribution in [2.45, 2.75) is 59.3 Å². The Kier molecular flexibility index (Phi) is 9.19. The summed E-state index contributed by atoms with van der Waals surface area (Å²) in [4.78, 5) is 36.4. The predicted octanol–water partition coefficient (Wildman–Crippen LogP) is 5.80. The molecule has 3 aromatic rings. The first-order valence-corrected chi connectivity index (χ1v) is 13.7. The summed E-state index contributed by atoms with van der Waals surface area (Å²) in [7, 11) is 0. The van der Waals surface area contributed by atoms with Crippen molar-refractivity contribution in [3.63, 3.8) is 0 Å². The van der Waals surface area contributed by atoms with E-state index in [2.05, 4.69) is 15.3 Å². The second-order valence-electron chi connectivity index (χ2n) is 11.0. The summed E-state index contributed by atoms with van der Waals surface area (Å²) in [6.07, 6.45) is 5.74. The lowest BCUT2D eigenvalue weighted by atomic mass is 10.0. The molecule has 4 N–H and O–H groups in total. The Hall–Kier alpha value is -4.50. The number of hydrogen-bond donors (Lipinski definition) is 3. The fourth-order valence-corrected chi connectivity index (χ4v) is 4.50. The van der Waals surface area contributed by atoms with E-state index in [1.165, 1.54) is 0 Å². The first kappa shape index (κ1) is 29.5. The van der Waals surface area contributed by atoms with Gasteiger partial charge in [0.2, 0.25) is 0 Å². The van der Waals surface area contributed by atoms with Gasteiger partial charge in [-0.3, -0.25) is 15.1 Å². The second-order valence-corrected chi connectivity index (χ2v) is 11.0. The molecule has 0 bridgehead atoms. The number of fused-ring (bicyclic) bond motifs is 1. The molecule has 1 aromatic heterocycles. The first-order chi connectivity index (χ1) is 19.5. The Labute approximate surface area is 240 Å². The van der Waals surface area contributed by atoms with Crippen LogP contribution in [0.15, 0.2) is 71.5 Å². The monoisotopic (exact) mass is 555 g/mol. The van der Waals surface area contributed by atoms with Gasteiger partial charge in [0.15, 0.2) is 0 Å². The molecule has 0 saturated heterocycles. The van der Waals surface area contributed by atoms with Crippen molar-refractivity contribution in [2.75, 3.05) is 11.9 Å². The molecule has 4 rings (SSSR count). The molecule has 9 heteroatoms. The molecular weight excluding hydrogens is 518 g/mol. The highest BCUT2D eigenvalue weighted by Crippen LogP contribution is 2.32. The molecule has 0 unspecified atom stereocenters. The van der Waals surface area contributed by atoms with Gasteiger partial charge in [-0.2, -0.15) is 0 Å². The van der Waals surface area contributed by atoms with E-state index in [0.29, 0.717) is 35.9 Å². The molecule has 0 fully saturated rings. The summed E-state index contributed by atoms with van der Waals surface area (Å²) >= 11 is 0. The third kappa shape index (κ3) is 8.02. The lowest BCUT2D eigenvalue weighted by Gasteiger charge is -2.24. The Morgan fingerprint density at radius 2 is 1.80 bits per heavy atom. The third-order valence-electron chi connectivity index (χ3n) is 6.33. The molecule has 0 radical (unpaired) electrons. The minimum atomic E-state index is -0.585. The van der Waals surface area contributed by atoms with Gasteiger partial charge in [-0.1, -0.05) is 31.2 Å². The summed E-state index contributed by atoms with van der Waals surface area (Å²) in [6.45, 7) is 8.36. The molecule has 2 aromatic carbocycles. The van der Waals surface area contributed by atoms with Gasteiger partial charge in [0.1, 0.15) is 11.4 Å². The molecule has 0 atom stereocenters. The van der Waals surface area contributed by atoms with Crippen molar-refractivity contribution in [1.82, 2.24) is 9.88 Å². The molecule has 0 aliphatic carbocycles. The molecule has 41 heavy (non-hydrogen) atoms. The largest absolute Gasteiger partial charge is 0.444 e. The number of amides is 2. The van der Waals surface area contributed by atoms with Crippen LogP contribution in [0.3, 0.4) is 0 Å². The van der Waals surface area contributed by atoms with E-state index in [4.69, 9.17) is 10.5 Å². The number of ether oxygens (including phenoxy) is 1. The van der Waals surface area contributed by atoms with Crippen LogP contribution in [-0.4, -0.2) is 45.0 Å². The number of carbonyl (C=O) groups is 2. The van der Waals surface area contributed by atoms with Gasteiger partial charge >= 0.3 is 6.09 Å². The fraction of sp³-hybridized carbons (Fsp3) is 0.312. The molecule has 2 amide bonds. The number of nitrogens with zero attached hydrogens (tertiary/aromatic N) is 3. The number of aliphatic hydroxyl groups is 1. The summed E-state index contributed by atoms with van der Waals surface area (Å²) in [5.74, 6) is 0.259. The summed E-state index contributed by atoms with van der Waals surface area (Å²) in [6, 6.07) is 15.0. The zero-order chi connectivity index (χ0) is 29.6. The number of nitrogens with two attached hydrogens (primary N) is 1. The maximum absolute atomic E-state index is 13.7. The standard InChI is InChI=1S/C32H37N5O4/c1-5-12-37(19-21-6-10-27(11-7-21)35-31(40)41-32(2,3)4)30(39)25-14-24-9-8-23(15-28(24)36-29(33)16-25)26-13-22(20-38)17-34-18-26/h6-11,13-15,17-18,38H,5,12,16,19-20H2,1-4H3,(H2,33,36)(H,35,40). The van der Waals surface area contributed by atoms with Crippen LogP contribution in [0.4, 0.5) is 16.2 Å². The van der Waals surface area contributed by atoms with Crippen molar-refractivity contribution in [3.8, 4) is 11.1 Å². The van der Waals surface area contributed by atoms with Crippen molar-refractivity contribution < 1.29 is 19.4 Å². The Morgan fingerprint density at radius 1 is 1.05 bits per heavy atom. The van der Waals surface area contributed by atoms with Crippen molar-refractivity contribution in [2.24, 2.45) is 10.7 Å². The Balaban J connectivity index is 1.52. The van der Waals surface area contributed by atoms with Crippen LogP contribution < -0.4 is 11.1 Å². The molecule has 9 nitrogen and oxygen atoms in total. The van der Waals surface area contributed by atoms with Crippen molar-refractivity contribution in [1.29, 1.82) is 0 Å². The predicted molar refractivity (Wildman–Crippen MR) is 161 cm³/mol. The first-order valence-electron chi connectivity index (χ1n) is 13.7. The quantitative estimate of drug-likeness (QED) is 0.322. The lowest BCUT2D eigenvalue weighted by Crippen LogP contribution is -2.33.